The molecule has 24 heavy (non-hydrogen) atoms. The minimum absolute atomic E-state index is 0.130. The Morgan fingerprint density at radius 1 is 1.04 bits per heavy atom. The third kappa shape index (κ3) is 6.71. The number of hydrogen-bond acceptors (Lipinski definition) is 5. The van der Waals surface area contributed by atoms with Crippen LogP contribution in [0.2, 0.25) is 0 Å². The molecule has 0 unspecified atom stereocenters. The zero-order valence-electron chi connectivity index (χ0n) is 14.9. The van der Waals surface area contributed by atoms with Gasteiger partial charge in [-0.25, -0.2) is 0 Å². The maximum absolute atomic E-state index is 12.2. The van der Waals surface area contributed by atoms with Crippen molar-refractivity contribution in [1.29, 1.82) is 0 Å². The van der Waals surface area contributed by atoms with Crippen LogP contribution in [0, 0.1) is 5.92 Å². The average molecular weight is 335 g/mol. The van der Waals surface area contributed by atoms with Gasteiger partial charge in [0.15, 0.2) is 0 Å². The molecule has 134 valence electrons. The molecule has 0 aliphatic rings. The first-order valence-corrected chi connectivity index (χ1v) is 8.66. The van der Waals surface area contributed by atoms with Crippen molar-refractivity contribution >= 4 is 11.9 Å². The highest BCUT2D eigenvalue weighted by Crippen LogP contribution is 2.17. The molecule has 1 aromatic rings. The van der Waals surface area contributed by atoms with Crippen LogP contribution in [0.25, 0.3) is 0 Å². The number of benzene rings is 1. The van der Waals surface area contributed by atoms with E-state index in [4.69, 9.17) is 15.2 Å². The molecule has 0 aliphatic heterocycles. The lowest BCUT2D eigenvalue weighted by atomic mass is 9.98. The lowest BCUT2D eigenvalue weighted by molar-refractivity contribution is -0.160. The first-order valence-electron chi connectivity index (χ1n) is 8.66. The summed E-state index contributed by atoms with van der Waals surface area (Å²) in [6.07, 6.45) is 2.69. The summed E-state index contributed by atoms with van der Waals surface area (Å²) in [6.45, 7) is 5.85. The van der Waals surface area contributed by atoms with E-state index in [2.05, 4.69) is 0 Å². The van der Waals surface area contributed by atoms with Crippen LogP contribution in [0.5, 0.6) is 0 Å². The molecule has 0 spiro atoms. The second-order valence-corrected chi connectivity index (χ2v) is 6.04. The number of ether oxygens (including phenoxy) is 2. The molecule has 2 N–H and O–H groups in total. The molecule has 0 saturated heterocycles. The van der Waals surface area contributed by atoms with Crippen LogP contribution >= 0.6 is 0 Å². The molecule has 5 nitrogen and oxygen atoms in total. The fraction of sp³-hybridized carbons (Fsp3) is 0.579. The van der Waals surface area contributed by atoms with Crippen LogP contribution in [-0.2, 0) is 25.7 Å². The van der Waals surface area contributed by atoms with E-state index in [0.29, 0.717) is 0 Å². The summed E-state index contributed by atoms with van der Waals surface area (Å²) in [7, 11) is 0. The Bertz CT molecular complexity index is 497. The number of nitrogens with two attached hydrogens (primary N) is 1. The van der Waals surface area contributed by atoms with Gasteiger partial charge in [-0.1, -0.05) is 57.0 Å². The Balaban J connectivity index is 2.48. The van der Waals surface area contributed by atoms with Gasteiger partial charge in [-0.15, -0.1) is 0 Å². The lowest BCUT2D eigenvalue weighted by Crippen LogP contribution is -2.44. The topological polar surface area (TPSA) is 78.6 Å². The molecule has 0 fully saturated rings. The summed E-state index contributed by atoms with van der Waals surface area (Å²) in [5, 5.41) is 0. The van der Waals surface area contributed by atoms with Crippen molar-refractivity contribution in [3.63, 3.8) is 0 Å². The molecule has 5 heteroatoms. The first kappa shape index (κ1) is 20.2. The zero-order valence-corrected chi connectivity index (χ0v) is 14.9. The van der Waals surface area contributed by atoms with E-state index in [1.807, 2.05) is 44.2 Å². The largest absolute Gasteiger partial charge is 0.460 e. The quantitative estimate of drug-likeness (QED) is 0.664. The number of esters is 2. The van der Waals surface area contributed by atoms with E-state index in [-0.39, 0.29) is 18.5 Å². The Morgan fingerprint density at radius 2 is 1.62 bits per heavy atom. The number of carbonyl (C=O) groups excluding carboxylic acids is 2. The van der Waals surface area contributed by atoms with E-state index >= 15 is 0 Å². The molecule has 0 radical (unpaired) electrons. The molecule has 0 aliphatic carbocycles. The molecule has 1 rings (SSSR count). The maximum atomic E-state index is 12.2. The van der Waals surface area contributed by atoms with E-state index in [0.717, 1.165) is 31.2 Å². The van der Waals surface area contributed by atoms with Gasteiger partial charge in [0.05, 0.1) is 5.92 Å². The van der Waals surface area contributed by atoms with Crippen LogP contribution in [0.15, 0.2) is 30.3 Å². The molecule has 2 atom stereocenters. The zero-order chi connectivity index (χ0) is 17.9. The minimum atomic E-state index is -0.985. The Kier molecular flexibility index (Phi) is 9.08. The summed E-state index contributed by atoms with van der Waals surface area (Å²) in [5.41, 5.74) is 6.75. The molecule has 0 bridgehead atoms. The summed E-state index contributed by atoms with van der Waals surface area (Å²) in [4.78, 5) is 24.2. The number of carbonyl (C=O) groups is 2. The third-order valence-electron chi connectivity index (χ3n) is 3.91. The molecular formula is C19H29NO4. The van der Waals surface area contributed by atoms with Crippen molar-refractivity contribution in [1.82, 2.24) is 0 Å². The first-order chi connectivity index (χ1) is 11.5. The maximum Gasteiger partial charge on any atom is 0.327 e. The Labute approximate surface area is 144 Å². The normalized spacial score (nSPS) is 13.4. The highest BCUT2D eigenvalue weighted by molar-refractivity contribution is 5.78. The van der Waals surface area contributed by atoms with Gasteiger partial charge in [0.2, 0.25) is 0 Å². The van der Waals surface area contributed by atoms with Crippen LogP contribution < -0.4 is 5.73 Å². The predicted octanol–water partition coefficient (Wildman–Crippen LogP) is 3.21. The van der Waals surface area contributed by atoms with Gasteiger partial charge in [-0.2, -0.15) is 0 Å². The van der Waals surface area contributed by atoms with Gasteiger partial charge in [0.1, 0.15) is 18.8 Å². The fourth-order valence-corrected chi connectivity index (χ4v) is 2.45. The third-order valence-corrected chi connectivity index (χ3v) is 3.91. The highest BCUT2D eigenvalue weighted by atomic mass is 16.6. The summed E-state index contributed by atoms with van der Waals surface area (Å²) < 4.78 is 10.6. The van der Waals surface area contributed by atoms with Crippen molar-refractivity contribution in [2.24, 2.45) is 11.7 Å². The average Bonchev–Trinajstić information content (AvgIpc) is 2.59. The molecule has 1 aromatic carbocycles. The monoisotopic (exact) mass is 335 g/mol. The Hall–Kier alpha value is -1.88. The van der Waals surface area contributed by atoms with Crippen LogP contribution in [0.3, 0.4) is 0 Å². The lowest BCUT2D eigenvalue weighted by Gasteiger charge is -2.22. The van der Waals surface area contributed by atoms with Crippen molar-refractivity contribution < 1.29 is 19.1 Å². The summed E-state index contributed by atoms with van der Waals surface area (Å²) in [6, 6.07) is 8.37. The van der Waals surface area contributed by atoms with Crippen molar-refractivity contribution in [2.45, 2.75) is 65.2 Å². The standard InChI is InChI=1S/C19H29NO4/c1-4-9-16(10-5-2)18(21)24-14(3)17(20)19(22)23-13-15-11-7-6-8-12-15/h6-8,11-12,14,16-17H,4-5,9-10,13,20H2,1-3H3/t14-,17+/m1/s1. The number of rotatable bonds is 10. The summed E-state index contributed by atoms with van der Waals surface area (Å²) >= 11 is 0. The Morgan fingerprint density at radius 3 is 2.17 bits per heavy atom. The van der Waals surface area contributed by atoms with E-state index in [1.165, 1.54) is 0 Å². The van der Waals surface area contributed by atoms with Crippen LogP contribution in [0.1, 0.15) is 52.0 Å². The smallest absolute Gasteiger partial charge is 0.327 e. The van der Waals surface area contributed by atoms with Crippen LogP contribution in [-0.4, -0.2) is 24.1 Å². The predicted molar refractivity (Wildman–Crippen MR) is 93.1 cm³/mol. The van der Waals surface area contributed by atoms with E-state index in [1.54, 1.807) is 6.92 Å². The van der Waals surface area contributed by atoms with Crippen LogP contribution in [0.4, 0.5) is 0 Å². The van der Waals surface area contributed by atoms with E-state index in [9.17, 15) is 9.59 Å². The fourth-order valence-electron chi connectivity index (χ4n) is 2.45. The van der Waals surface area contributed by atoms with Gasteiger partial charge < -0.3 is 15.2 Å². The van der Waals surface area contributed by atoms with Gasteiger partial charge in [-0.05, 0) is 25.3 Å². The van der Waals surface area contributed by atoms with E-state index < -0.39 is 18.1 Å². The SMILES string of the molecule is CCCC(CCC)C(=O)O[C@H](C)[C@H](N)C(=O)OCc1ccccc1. The van der Waals surface area contributed by atoms with Gasteiger partial charge in [0, 0.05) is 0 Å². The molecular weight excluding hydrogens is 306 g/mol. The van der Waals surface area contributed by atoms with Crippen molar-refractivity contribution in [2.75, 3.05) is 0 Å². The second kappa shape index (κ2) is 10.8. The highest BCUT2D eigenvalue weighted by Gasteiger charge is 2.28. The van der Waals surface area contributed by atoms with Crippen molar-refractivity contribution in [3.05, 3.63) is 35.9 Å². The summed E-state index contributed by atoms with van der Waals surface area (Å²) in [5.74, 6) is -0.978. The minimum Gasteiger partial charge on any atom is -0.460 e. The van der Waals surface area contributed by atoms with Gasteiger partial charge in [0.25, 0.3) is 0 Å². The molecule has 0 amide bonds. The molecule has 0 saturated carbocycles. The number of hydrogen-bond donors (Lipinski definition) is 1. The molecule has 0 aromatic heterocycles. The van der Waals surface area contributed by atoms with Crippen molar-refractivity contribution in [3.8, 4) is 0 Å². The van der Waals surface area contributed by atoms with Gasteiger partial charge >= 0.3 is 11.9 Å². The second-order valence-electron chi connectivity index (χ2n) is 6.04. The van der Waals surface area contributed by atoms with Gasteiger partial charge in [-0.3, -0.25) is 9.59 Å². The molecule has 0 heterocycles.